The third-order valence-corrected chi connectivity index (χ3v) is 5.01. The van der Waals surface area contributed by atoms with E-state index in [9.17, 15) is 9.59 Å². The van der Waals surface area contributed by atoms with E-state index in [-0.39, 0.29) is 18.4 Å². The molecular formula is C22H34ClNO5. The van der Waals surface area contributed by atoms with Gasteiger partial charge in [0.1, 0.15) is 24.4 Å². The number of esters is 2. The van der Waals surface area contributed by atoms with Crippen LogP contribution in [-0.4, -0.2) is 42.9 Å². The Bertz CT molecular complexity index is 612. The van der Waals surface area contributed by atoms with Crippen LogP contribution in [0.1, 0.15) is 69.2 Å². The Morgan fingerprint density at radius 1 is 1.17 bits per heavy atom. The number of unbranched alkanes of at least 4 members (excludes halogenated alkanes) is 2. The van der Waals surface area contributed by atoms with Crippen LogP contribution in [0, 0.1) is 0 Å². The van der Waals surface area contributed by atoms with Gasteiger partial charge < -0.3 is 19.9 Å². The zero-order valence-electron chi connectivity index (χ0n) is 17.4. The molecule has 0 spiro atoms. The minimum absolute atomic E-state index is 0. The molecule has 4 atom stereocenters. The van der Waals surface area contributed by atoms with Gasteiger partial charge >= 0.3 is 11.9 Å². The van der Waals surface area contributed by atoms with Crippen molar-refractivity contribution in [2.75, 3.05) is 6.61 Å². The fraction of sp³-hybridized carbons (Fsp3) is 0.636. The van der Waals surface area contributed by atoms with Gasteiger partial charge in [0.15, 0.2) is 0 Å². The van der Waals surface area contributed by atoms with Crippen LogP contribution in [0.5, 0.6) is 0 Å². The van der Waals surface area contributed by atoms with E-state index in [0.29, 0.717) is 25.0 Å². The molecule has 7 heteroatoms. The summed E-state index contributed by atoms with van der Waals surface area (Å²) in [5.41, 5.74) is 6.40. The smallest absolute Gasteiger partial charge is 0.338 e. The lowest BCUT2D eigenvalue weighted by Gasteiger charge is -2.33. The first-order chi connectivity index (χ1) is 13.5. The van der Waals surface area contributed by atoms with Gasteiger partial charge in [-0.2, -0.15) is 0 Å². The lowest BCUT2D eigenvalue weighted by atomic mass is 9.99. The molecule has 0 amide bonds. The number of hydrogen-bond donors (Lipinski definition) is 1. The summed E-state index contributed by atoms with van der Waals surface area (Å²) in [4.78, 5) is 24.8. The Morgan fingerprint density at radius 2 is 1.86 bits per heavy atom. The SMILES string of the molecule is CCCCCO[C@H]1[C@H](C)OC(=O)[C@@H](N)CCCC[C@@H]1OC(=O)c1ccccc1.Cl. The summed E-state index contributed by atoms with van der Waals surface area (Å²) in [5, 5.41) is 0. The maximum absolute atomic E-state index is 12.6. The predicted molar refractivity (Wildman–Crippen MR) is 114 cm³/mol. The highest BCUT2D eigenvalue weighted by Gasteiger charge is 2.35. The molecule has 6 nitrogen and oxygen atoms in total. The highest BCUT2D eigenvalue weighted by Crippen LogP contribution is 2.22. The molecule has 1 aromatic carbocycles. The van der Waals surface area contributed by atoms with Crippen molar-refractivity contribution in [3.8, 4) is 0 Å². The molecule has 1 fully saturated rings. The fourth-order valence-corrected chi connectivity index (χ4v) is 3.35. The first-order valence-electron chi connectivity index (χ1n) is 10.4. The zero-order chi connectivity index (χ0) is 20.4. The standard InChI is InChI=1S/C22H33NO5.ClH/c1-3-4-10-15-26-20-16(2)27-22(25)18(23)13-8-9-14-19(20)28-21(24)17-11-6-5-7-12-17;/h5-7,11-12,16,18-20H,3-4,8-10,13-15,23H2,1-2H3;1H/t16-,18-,19-,20-;/m0./s1. The van der Waals surface area contributed by atoms with Crippen molar-refractivity contribution in [3.05, 3.63) is 35.9 Å². The maximum Gasteiger partial charge on any atom is 0.338 e. The second-order valence-corrected chi connectivity index (χ2v) is 7.39. The molecule has 2 rings (SSSR count). The summed E-state index contributed by atoms with van der Waals surface area (Å²) in [5.74, 6) is -0.815. The van der Waals surface area contributed by atoms with Crippen LogP contribution in [0.3, 0.4) is 0 Å². The van der Waals surface area contributed by atoms with Gasteiger partial charge in [0.05, 0.1) is 5.56 Å². The Kier molecular flexibility index (Phi) is 11.9. The van der Waals surface area contributed by atoms with Crippen LogP contribution in [0.4, 0.5) is 0 Å². The average molecular weight is 428 g/mol. The van der Waals surface area contributed by atoms with Gasteiger partial charge in [-0.3, -0.25) is 4.79 Å². The number of benzene rings is 1. The second-order valence-electron chi connectivity index (χ2n) is 7.39. The average Bonchev–Trinajstić information content (AvgIpc) is 2.70. The summed E-state index contributed by atoms with van der Waals surface area (Å²) >= 11 is 0. The van der Waals surface area contributed by atoms with E-state index in [1.54, 1.807) is 31.2 Å². The Hall–Kier alpha value is -1.63. The van der Waals surface area contributed by atoms with Crippen molar-refractivity contribution in [3.63, 3.8) is 0 Å². The zero-order valence-corrected chi connectivity index (χ0v) is 18.2. The number of nitrogens with two attached hydrogens (primary N) is 1. The first kappa shape index (κ1) is 25.4. The van der Waals surface area contributed by atoms with Crippen molar-refractivity contribution in [2.24, 2.45) is 5.73 Å². The summed E-state index contributed by atoms with van der Waals surface area (Å²) in [6.45, 7) is 4.44. The monoisotopic (exact) mass is 427 g/mol. The lowest BCUT2D eigenvalue weighted by molar-refractivity contribution is -0.166. The molecule has 1 aliphatic heterocycles. The highest BCUT2D eigenvalue weighted by atomic mass is 35.5. The number of cyclic esters (lactones) is 1. The molecule has 164 valence electrons. The fourth-order valence-electron chi connectivity index (χ4n) is 3.35. The van der Waals surface area contributed by atoms with Crippen molar-refractivity contribution in [2.45, 2.75) is 83.1 Å². The number of rotatable bonds is 7. The maximum atomic E-state index is 12.6. The molecule has 29 heavy (non-hydrogen) atoms. The number of carbonyl (C=O) groups is 2. The largest absolute Gasteiger partial charge is 0.459 e. The minimum Gasteiger partial charge on any atom is -0.459 e. The van der Waals surface area contributed by atoms with Crippen LogP contribution >= 0.6 is 12.4 Å². The number of carbonyl (C=O) groups excluding carboxylic acids is 2. The molecular weight excluding hydrogens is 394 g/mol. The lowest BCUT2D eigenvalue weighted by Crippen LogP contribution is -2.46. The topological polar surface area (TPSA) is 87.8 Å². The second kappa shape index (κ2) is 13.6. The summed E-state index contributed by atoms with van der Waals surface area (Å²) < 4.78 is 17.4. The summed E-state index contributed by atoms with van der Waals surface area (Å²) in [7, 11) is 0. The molecule has 1 saturated heterocycles. The van der Waals surface area contributed by atoms with E-state index in [1.807, 2.05) is 6.07 Å². The Balaban J connectivity index is 0.00000420. The van der Waals surface area contributed by atoms with E-state index in [2.05, 4.69) is 6.92 Å². The van der Waals surface area contributed by atoms with Crippen LogP contribution in [-0.2, 0) is 19.0 Å². The van der Waals surface area contributed by atoms with Crippen LogP contribution in [0.15, 0.2) is 30.3 Å². The molecule has 0 aromatic heterocycles. The molecule has 1 aromatic rings. The van der Waals surface area contributed by atoms with Crippen molar-refractivity contribution < 1.29 is 23.8 Å². The number of ether oxygens (including phenoxy) is 3. The highest BCUT2D eigenvalue weighted by molar-refractivity contribution is 5.89. The van der Waals surface area contributed by atoms with Gasteiger partial charge in [-0.15, -0.1) is 12.4 Å². The van der Waals surface area contributed by atoms with Crippen LogP contribution < -0.4 is 5.73 Å². The van der Waals surface area contributed by atoms with Gasteiger partial charge in [-0.1, -0.05) is 44.4 Å². The molecule has 0 saturated carbocycles. The molecule has 1 heterocycles. The van der Waals surface area contributed by atoms with Gasteiger partial charge in [0.2, 0.25) is 0 Å². The molecule has 0 unspecified atom stereocenters. The molecule has 0 bridgehead atoms. The van der Waals surface area contributed by atoms with Crippen molar-refractivity contribution >= 4 is 24.3 Å². The minimum atomic E-state index is -0.619. The van der Waals surface area contributed by atoms with E-state index in [0.717, 1.165) is 32.1 Å². The van der Waals surface area contributed by atoms with Crippen LogP contribution in [0.2, 0.25) is 0 Å². The Labute approximate surface area is 179 Å². The quantitative estimate of drug-likeness (QED) is 0.521. The van der Waals surface area contributed by atoms with E-state index in [4.69, 9.17) is 19.9 Å². The van der Waals surface area contributed by atoms with E-state index in [1.165, 1.54) is 0 Å². The van der Waals surface area contributed by atoms with Gasteiger partial charge in [-0.25, -0.2) is 4.79 Å². The molecule has 1 aliphatic rings. The molecule has 0 radical (unpaired) electrons. The van der Waals surface area contributed by atoms with Gasteiger partial charge in [-0.05, 0) is 44.7 Å². The first-order valence-corrected chi connectivity index (χ1v) is 10.4. The van der Waals surface area contributed by atoms with Gasteiger partial charge in [0.25, 0.3) is 0 Å². The van der Waals surface area contributed by atoms with Gasteiger partial charge in [0, 0.05) is 6.61 Å². The molecule has 0 aliphatic carbocycles. The third kappa shape index (κ3) is 8.33. The van der Waals surface area contributed by atoms with E-state index < -0.39 is 30.3 Å². The molecule has 2 N–H and O–H groups in total. The normalized spacial score (nSPS) is 25.4. The summed E-state index contributed by atoms with van der Waals surface area (Å²) in [6, 6.07) is 8.28. The third-order valence-electron chi connectivity index (χ3n) is 5.01. The summed E-state index contributed by atoms with van der Waals surface area (Å²) in [6.07, 6.45) is 4.28. The van der Waals surface area contributed by atoms with Crippen LogP contribution in [0.25, 0.3) is 0 Å². The van der Waals surface area contributed by atoms with E-state index >= 15 is 0 Å². The van der Waals surface area contributed by atoms with Crippen molar-refractivity contribution in [1.29, 1.82) is 0 Å². The van der Waals surface area contributed by atoms with Crippen molar-refractivity contribution in [1.82, 2.24) is 0 Å². The predicted octanol–water partition coefficient (Wildman–Crippen LogP) is 4.04. The number of hydrogen-bond acceptors (Lipinski definition) is 6. The Morgan fingerprint density at radius 3 is 2.55 bits per heavy atom. The number of halogens is 1.